The number of ether oxygens (including phenoxy) is 1. The molecule has 1 saturated heterocycles. The van der Waals surface area contributed by atoms with Gasteiger partial charge < -0.3 is 9.64 Å². The minimum Gasteiger partial charge on any atom is -0.354 e. The van der Waals surface area contributed by atoms with Gasteiger partial charge >= 0.3 is 0 Å². The van der Waals surface area contributed by atoms with Gasteiger partial charge in [0.1, 0.15) is 5.72 Å². The van der Waals surface area contributed by atoms with Crippen LogP contribution in [-0.4, -0.2) is 33.8 Å². The summed E-state index contributed by atoms with van der Waals surface area (Å²) in [6.07, 6.45) is 0. The average Bonchev–Trinajstić information content (AvgIpc) is 2.43. The topological polar surface area (TPSA) is 51.1 Å². The van der Waals surface area contributed by atoms with Crippen LogP contribution in [0.4, 0.5) is 5.95 Å². The van der Waals surface area contributed by atoms with Gasteiger partial charge in [0.2, 0.25) is 16.5 Å². The van der Waals surface area contributed by atoms with Crippen molar-refractivity contribution in [2.75, 3.05) is 18.1 Å². The Labute approximate surface area is 97.4 Å². The molecule has 0 atom stereocenters. The Balaban J connectivity index is 2.37. The molecule has 2 rings (SSSR count). The van der Waals surface area contributed by atoms with E-state index in [9.17, 15) is 0 Å². The quantitative estimate of drug-likeness (QED) is 0.758. The molecule has 1 aliphatic rings. The third-order valence-electron chi connectivity index (χ3n) is 2.23. The van der Waals surface area contributed by atoms with Gasteiger partial charge in [-0.1, -0.05) is 0 Å². The van der Waals surface area contributed by atoms with E-state index in [-0.39, 0.29) is 10.6 Å². The van der Waals surface area contributed by atoms with Crippen molar-refractivity contribution in [1.29, 1.82) is 0 Å². The molecule has 0 unspecified atom stereocenters. The average molecular weight is 249 g/mol. The molecule has 0 aromatic carbocycles. The summed E-state index contributed by atoms with van der Waals surface area (Å²) in [4.78, 5) is 13.6. The molecular weight excluding hydrogens is 239 g/mol. The van der Waals surface area contributed by atoms with E-state index in [0.29, 0.717) is 19.1 Å². The van der Waals surface area contributed by atoms with E-state index in [1.165, 1.54) is 0 Å². The molecule has 0 radical (unpaired) electrons. The molecule has 1 fully saturated rings. The molecular formula is C8H10Cl2N4O. The van der Waals surface area contributed by atoms with Crippen molar-refractivity contribution in [3.05, 3.63) is 10.6 Å². The molecule has 1 aromatic heterocycles. The summed E-state index contributed by atoms with van der Waals surface area (Å²) in [6.45, 7) is 5.22. The predicted molar refractivity (Wildman–Crippen MR) is 57.2 cm³/mol. The zero-order chi connectivity index (χ0) is 11.1. The maximum Gasteiger partial charge on any atom is 0.233 e. The van der Waals surface area contributed by atoms with Gasteiger partial charge in [-0.3, -0.25) is 0 Å². The van der Waals surface area contributed by atoms with E-state index < -0.39 is 5.72 Å². The minimum absolute atomic E-state index is 0.0905. The highest BCUT2D eigenvalue weighted by molar-refractivity contribution is 6.31. The lowest BCUT2D eigenvalue weighted by Gasteiger charge is -2.29. The zero-order valence-corrected chi connectivity index (χ0v) is 9.88. The second-order valence-corrected chi connectivity index (χ2v) is 4.30. The summed E-state index contributed by atoms with van der Waals surface area (Å²) in [5, 5.41) is 0.181. The van der Waals surface area contributed by atoms with Crippen molar-refractivity contribution < 1.29 is 4.74 Å². The number of anilines is 1. The fraction of sp³-hybridized carbons (Fsp3) is 0.625. The van der Waals surface area contributed by atoms with Gasteiger partial charge in [-0.05, 0) is 37.0 Å². The van der Waals surface area contributed by atoms with Crippen LogP contribution in [0.1, 0.15) is 13.8 Å². The van der Waals surface area contributed by atoms with Gasteiger partial charge in [0, 0.05) is 6.54 Å². The van der Waals surface area contributed by atoms with E-state index >= 15 is 0 Å². The first-order valence-electron chi connectivity index (χ1n) is 4.48. The molecule has 7 heteroatoms. The van der Waals surface area contributed by atoms with Crippen LogP contribution in [0.3, 0.4) is 0 Å². The number of nitrogens with zero attached hydrogens (tertiary/aromatic N) is 4. The first-order valence-corrected chi connectivity index (χ1v) is 5.23. The summed E-state index contributed by atoms with van der Waals surface area (Å²) in [6, 6.07) is 0. The van der Waals surface area contributed by atoms with Crippen LogP contribution in [0.15, 0.2) is 0 Å². The molecule has 0 bridgehead atoms. The molecule has 0 N–H and O–H groups in total. The number of rotatable bonds is 1. The van der Waals surface area contributed by atoms with E-state index in [1.807, 2.05) is 18.7 Å². The Morgan fingerprint density at radius 1 is 1.20 bits per heavy atom. The van der Waals surface area contributed by atoms with Crippen LogP contribution in [0, 0.1) is 0 Å². The molecule has 82 valence electrons. The third-order valence-corrected chi connectivity index (χ3v) is 2.57. The summed E-state index contributed by atoms with van der Waals surface area (Å²) in [5.41, 5.74) is -0.436. The normalized spacial score (nSPS) is 19.6. The molecule has 0 saturated carbocycles. The Hall–Kier alpha value is -0.650. The lowest BCUT2D eigenvalue weighted by atomic mass is 10.3. The molecule has 0 amide bonds. The summed E-state index contributed by atoms with van der Waals surface area (Å²) < 4.78 is 5.53. The maximum atomic E-state index is 5.71. The fourth-order valence-corrected chi connectivity index (χ4v) is 1.87. The summed E-state index contributed by atoms with van der Waals surface area (Å²) in [7, 11) is 0. The highest BCUT2D eigenvalue weighted by Gasteiger charge is 2.35. The van der Waals surface area contributed by atoms with Crippen molar-refractivity contribution in [2.24, 2.45) is 0 Å². The molecule has 1 aromatic rings. The molecule has 0 aliphatic carbocycles. The second-order valence-electron chi connectivity index (χ2n) is 3.62. The van der Waals surface area contributed by atoms with Crippen molar-refractivity contribution in [3.63, 3.8) is 0 Å². The number of aromatic nitrogens is 3. The lowest BCUT2D eigenvalue weighted by Crippen LogP contribution is -2.40. The smallest absolute Gasteiger partial charge is 0.233 e. The SMILES string of the molecule is CC1(C)OCCN1c1nc(Cl)nc(Cl)n1. The van der Waals surface area contributed by atoms with Crippen LogP contribution in [0.5, 0.6) is 0 Å². The fourth-order valence-electron chi connectivity index (χ4n) is 1.51. The van der Waals surface area contributed by atoms with Crippen molar-refractivity contribution in [2.45, 2.75) is 19.6 Å². The van der Waals surface area contributed by atoms with E-state index in [4.69, 9.17) is 27.9 Å². The first-order chi connectivity index (χ1) is 6.99. The Morgan fingerprint density at radius 3 is 2.27 bits per heavy atom. The summed E-state index contributed by atoms with van der Waals surface area (Å²) >= 11 is 11.4. The van der Waals surface area contributed by atoms with Crippen LogP contribution >= 0.6 is 23.2 Å². The Morgan fingerprint density at radius 2 is 1.80 bits per heavy atom. The Bertz CT molecular complexity index is 365. The molecule has 0 spiro atoms. The van der Waals surface area contributed by atoms with Crippen LogP contribution < -0.4 is 4.90 Å². The van der Waals surface area contributed by atoms with Crippen LogP contribution in [-0.2, 0) is 4.74 Å². The number of hydrogen-bond donors (Lipinski definition) is 0. The predicted octanol–water partition coefficient (Wildman–Crippen LogP) is 1.75. The largest absolute Gasteiger partial charge is 0.354 e. The van der Waals surface area contributed by atoms with Gasteiger partial charge in [0.05, 0.1) is 6.61 Å². The molecule has 1 aliphatic heterocycles. The van der Waals surface area contributed by atoms with Gasteiger partial charge in [-0.2, -0.15) is 15.0 Å². The molecule has 2 heterocycles. The highest BCUT2D eigenvalue weighted by atomic mass is 35.5. The van der Waals surface area contributed by atoms with Gasteiger partial charge in [-0.25, -0.2) is 0 Å². The van der Waals surface area contributed by atoms with Crippen molar-refractivity contribution >= 4 is 29.2 Å². The second kappa shape index (κ2) is 3.73. The monoisotopic (exact) mass is 248 g/mol. The summed E-state index contributed by atoms with van der Waals surface area (Å²) in [5.74, 6) is 0.447. The van der Waals surface area contributed by atoms with Gasteiger partial charge in [0.25, 0.3) is 0 Å². The van der Waals surface area contributed by atoms with E-state index in [0.717, 1.165) is 0 Å². The Kier molecular flexibility index (Phi) is 2.70. The number of hydrogen-bond acceptors (Lipinski definition) is 5. The maximum absolute atomic E-state index is 5.71. The van der Waals surface area contributed by atoms with Crippen molar-refractivity contribution in [3.8, 4) is 0 Å². The van der Waals surface area contributed by atoms with Gasteiger partial charge in [-0.15, -0.1) is 0 Å². The van der Waals surface area contributed by atoms with E-state index in [1.54, 1.807) is 0 Å². The lowest BCUT2D eigenvalue weighted by molar-refractivity contribution is 0.0376. The molecule has 15 heavy (non-hydrogen) atoms. The number of halogens is 2. The standard InChI is InChI=1S/C8H10Cl2N4O/c1-8(2)14(3-4-15-8)7-12-5(9)11-6(10)13-7/h3-4H2,1-2H3. The third kappa shape index (κ3) is 2.14. The van der Waals surface area contributed by atoms with Crippen LogP contribution in [0.25, 0.3) is 0 Å². The minimum atomic E-state index is -0.436. The zero-order valence-electron chi connectivity index (χ0n) is 8.37. The highest BCUT2D eigenvalue weighted by Crippen LogP contribution is 2.27. The van der Waals surface area contributed by atoms with E-state index in [2.05, 4.69) is 15.0 Å². The van der Waals surface area contributed by atoms with Gasteiger partial charge in [0.15, 0.2) is 0 Å². The first kappa shape index (κ1) is 10.9. The van der Waals surface area contributed by atoms with Crippen molar-refractivity contribution in [1.82, 2.24) is 15.0 Å². The molecule has 5 nitrogen and oxygen atoms in total. The van der Waals surface area contributed by atoms with Crippen LogP contribution in [0.2, 0.25) is 10.6 Å².